The summed E-state index contributed by atoms with van der Waals surface area (Å²) >= 11 is 0. The quantitative estimate of drug-likeness (QED) is 0.693. The summed E-state index contributed by atoms with van der Waals surface area (Å²) < 4.78 is 1.64. The number of rotatable bonds is 3. The normalized spacial score (nSPS) is 10.0. The number of fused-ring (bicyclic) bond motifs is 1. The van der Waals surface area contributed by atoms with Gasteiger partial charge in [0.15, 0.2) is 5.65 Å². The van der Waals surface area contributed by atoms with Gasteiger partial charge in [-0.15, -0.1) is 17.0 Å². The molecule has 1 aromatic carbocycles. The second-order valence-corrected chi connectivity index (χ2v) is 5.05. The fourth-order valence-corrected chi connectivity index (χ4v) is 2.61. The SMILES string of the molecule is Br.CCN(C(C)=O)c1cccc(-c2ccnc3c(C#N)cnn23)c1. The van der Waals surface area contributed by atoms with Crippen molar-refractivity contribution in [3.05, 3.63) is 48.3 Å². The average Bonchev–Trinajstić information content (AvgIpc) is 2.98. The zero-order chi connectivity index (χ0) is 16.4. The van der Waals surface area contributed by atoms with Crippen LogP contribution in [-0.2, 0) is 4.79 Å². The molecule has 24 heavy (non-hydrogen) atoms. The van der Waals surface area contributed by atoms with E-state index in [-0.39, 0.29) is 22.9 Å². The van der Waals surface area contributed by atoms with Crippen LogP contribution in [0.4, 0.5) is 5.69 Å². The topological polar surface area (TPSA) is 74.3 Å². The van der Waals surface area contributed by atoms with E-state index >= 15 is 0 Å². The van der Waals surface area contributed by atoms with E-state index in [1.807, 2.05) is 37.3 Å². The van der Waals surface area contributed by atoms with Crippen molar-refractivity contribution in [3.8, 4) is 17.3 Å². The number of amides is 1. The molecule has 0 saturated heterocycles. The lowest BCUT2D eigenvalue weighted by Gasteiger charge is -2.19. The highest BCUT2D eigenvalue weighted by atomic mass is 79.9. The van der Waals surface area contributed by atoms with Crippen LogP contribution in [0.2, 0.25) is 0 Å². The fourth-order valence-electron chi connectivity index (χ4n) is 2.61. The number of hydrogen-bond acceptors (Lipinski definition) is 4. The molecule has 3 rings (SSSR count). The molecule has 0 radical (unpaired) electrons. The molecule has 3 aromatic rings. The van der Waals surface area contributed by atoms with Crippen molar-refractivity contribution in [2.45, 2.75) is 13.8 Å². The van der Waals surface area contributed by atoms with Gasteiger partial charge in [0.2, 0.25) is 5.91 Å². The summed E-state index contributed by atoms with van der Waals surface area (Å²) in [4.78, 5) is 17.7. The van der Waals surface area contributed by atoms with Gasteiger partial charge in [0, 0.05) is 30.9 Å². The summed E-state index contributed by atoms with van der Waals surface area (Å²) in [6.45, 7) is 4.09. The summed E-state index contributed by atoms with van der Waals surface area (Å²) in [5.74, 6) is -0.00428. The minimum absolute atomic E-state index is 0. The summed E-state index contributed by atoms with van der Waals surface area (Å²) in [5.41, 5.74) is 3.51. The van der Waals surface area contributed by atoms with Crippen LogP contribution in [0.5, 0.6) is 0 Å². The van der Waals surface area contributed by atoms with E-state index in [2.05, 4.69) is 16.2 Å². The molecule has 0 aliphatic carbocycles. The van der Waals surface area contributed by atoms with Gasteiger partial charge in [-0.05, 0) is 25.1 Å². The first-order chi connectivity index (χ1) is 11.2. The highest BCUT2D eigenvalue weighted by molar-refractivity contribution is 8.93. The van der Waals surface area contributed by atoms with Gasteiger partial charge in [-0.1, -0.05) is 12.1 Å². The lowest BCUT2D eigenvalue weighted by atomic mass is 10.1. The Balaban J connectivity index is 0.00000208. The van der Waals surface area contributed by atoms with Gasteiger partial charge >= 0.3 is 0 Å². The Morgan fingerprint density at radius 1 is 1.38 bits per heavy atom. The second kappa shape index (κ2) is 7.23. The standard InChI is InChI=1S/C17H15N5O.BrH/c1-3-21(12(2)23)15-6-4-5-13(9-15)16-7-8-19-17-14(10-18)11-20-22(16)17;/h4-9,11H,3H2,1-2H3;1H. The van der Waals surface area contributed by atoms with Gasteiger partial charge in [0.05, 0.1) is 11.9 Å². The Morgan fingerprint density at radius 3 is 2.83 bits per heavy atom. The monoisotopic (exact) mass is 385 g/mol. The molecular weight excluding hydrogens is 370 g/mol. The lowest BCUT2D eigenvalue weighted by Crippen LogP contribution is -2.27. The number of carbonyl (C=O) groups is 1. The zero-order valence-electron chi connectivity index (χ0n) is 13.3. The number of nitrogens with zero attached hydrogens (tertiary/aromatic N) is 5. The minimum atomic E-state index is -0.00428. The van der Waals surface area contributed by atoms with Crippen LogP contribution in [0, 0.1) is 11.3 Å². The van der Waals surface area contributed by atoms with Gasteiger partial charge in [-0.25, -0.2) is 9.50 Å². The number of nitriles is 1. The molecule has 7 heteroatoms. The number of aromatic nitrogens is 3. The number of hydrogen-bond donors (Lipinski definition) is 0. The molecule has 0 N–H and O–H groups in total. The first-order valence-electron chi connectivity index (χ1n) is 7.27. The van der Waals surface area contributed by atoms with Crippen molar-refractivity contribution in [3.63, 3.8) is 0 Å². The molecular formula is C17H16BrN5O. The Morgan fingerprint density at radius 2 is 2.17 bits per heavy atom. The molecule has 0 atom stereocenters. The number of halogens is 1. The molecule has 2 aromatic heterocycles. The molecule has 0 unspecified atom stereocenters. The molecule has 1 amide bonds. The highest BCUT2D eigenvalue weighted by Crippen LogP contribution is 2.25. The van der Waals surface area contributed by atoms with Gasteiger partial charge < -0.3 is 4.90 Å². The van der Waals surface area contributed by atoms with Crippen LogP contribution in [0.15, 0.2) is 42.7 Å². The van der Waals surface area contributed by atoms with Gasteiger partial charge in [0.1, 0.15) is 11.6 Å². The number of carbonyl (C=O) groups excluding carboxylic acids is 1. The molecule has 0 fully saturated rings. The predicted molar refractivity (Wildman–Crippen MR) is 97.2 cm³/mol. The molecule has 6 nitrogen and oxygen atoms in total. The van der Waals surface area contributed by atoms with E-state index in [1.54, 1.807) is 22.5 Å². The van der Waals surface area contributed by atoms with E-state index in [1.165, 1.54) is 6.20 Å². The van der Waals surface area contributed by atoms with E-state index in [4.69, 9.17) is 5.26 Å². The van der Waals surface area contributed by atoms with Crippen LogP contribution in [0.3, 0.4) is 0 Å². The van der Waals surface area contributed by atoms with Crippen molar-refractivity contribution in [1.82, 2.24) is 14.6 Å². The highest BCUT2D eigenvalue weighted by Gasteiger charge is 2.13. The third-order valence-electron chi connectivity index (χ3n) is 3.67. The van der Waals surface area contributed by atoms with Gasteiger partial charge in [-0.2, -0.15) is 10.4 Å². The van der Waals surface area contributed by atoms with E-state index in [0.29, 0.717) is 17.8 Å². The maximum atomic E-state index is 11.7. The Labute approximate surface area is 150 Å². The van der Waals surface area contributed by atoms with Crippen LogP contribution in [0.1, 0.15) is 19.4 Å². The summed E-state index contributed by atoms with van der Waals surface area (Å²) in [7, 11) is 0. The Bertz CT molecular complexity index is 928. The van der Waals surface area contributed by atoms with Crippen molar-refractivity contribution >= 4 is 34.2 Å². The van der Waals surface area contributed by atoms with Crippen molar-refractivity contribution in [2.24, 2.45) is 0 Å². The van der Waals surface area contributed by atoms with Gasteiger partial charge in [-0.3, -0.25) is 4.79 Å². The Hall–Kier alpha value is -2.72. The molecule has 2 heterocycles. The largest absolute Gasteiger partial charge is 0.313 e. The first kappa shape index (κ1) is 17.6. The van der Waals surface area contributed by atoms with Crippen molar-refractivity contribution in [1.29, 1.82) is 5.26 Å². The molecule has 0 saturated carbocycles. The van der Waals surface area contributed by atoms with Gasteiger partial charge in [0.25, 0.3) is 0 Å². The molecule has 0 aliphatic heterocycles. The molecule has 122 valence electrons. The minimum Gasteiger partial charge on any atom is -0.313 e. The zero-order valence-corrected chi connectivity index (χ0v) is 15.0. The Kier molecular flexibility index (Phi) is 5.31. The maximum absolute atomic E-state index is 11.7. The smallest absolute Gasteiger partial charge is 0.223 e. The lowest BCUT2D eigenvalue weighted by molar-refractivity contribution is -0.116. The summed E-state index contributed by atoms with van der Waals surface area (Å²) in [6, 6.07) is 11.6. The summed E-state index contributed by atoms with van der Waals surface area (Å²) in [6.07, 6.45) is 3.16. The van der Waals surface area contributed by atoms with Crippen LogP contribution >= 0.6 is 17.0 Å². The third kappa shape index (κ3) is 3.01. The van der Waals surface area contributed by atoms with E-state index in [0.717, 1.165) is 16.9 Å². The van der Waals surface area contributed by atoms with Crippen LogP contribution in [0.25, 0.3) is 16.9 Å². The maximum Gasteiger partial charge on any atom is 0.223 e. The van der Waals surface area contributed by atoms with Crippen molar-refractivity contribution in [2.75, 3.05) is 11.4 Å². The molecule has 0 bridgehead atoms. The fraction of sp³-hybridized carbons (Fsp3) is 0.176. The van der Waals surface area contributed by atoms with E-state index in [9.17, 15) is 4.79 Å². The van der Waals surface area contributed by atoms with Crippen LogP contribution in [-0.4, -0.2) is 27.0 Å². The predicted octanol–water partition coefficient (Wildman–Crippen LogP) is 3.22. The van der Waals surface area contributed by atoms with Crippen molar-refractivity contribution < 1.29 is 4.79 Å². The average molecular weight is 386 g/mol. The van der Waals surface area contributed by atoms with Crippen LogP contribution < -0.4 is 4.90 Å². The first-order valence-corrected chi connectivity index (χ1v) is 7.27. The van der Waals surface area contributed by atoms with E-state index < -0.39 is 0 Å². The second-order valence-electron chi connectivity index (χ2n) is 5.05. The molecule has 0 aliphatic rings. The summed E-state index contributed by atoms with van der Waals surface area (Å²) in [5, 5.41) is 13.4. The number of benzene rings is 1. The number of anilines is 1. The molecule has 0 spiro atoms. The third-order valence-corrected chi connectivity index (χ3v) is 3.67.